The first kappa shape index (κ1) is 20.2. The molecule has 0 fully saturated rings. The Morgan fingerprint density at radius 3 is 2.46 bits per heavy atom. The molecule has 0 aliphatic carbocycles. The molecule has 0 radical (unpaired) electrons. The standard InChI is InChI=1S/C16H27N3O4S/c1-13-6-7-15(23-4)14(12-13)19(24(5,21)22)10-8-16(20)17-9-11-18(2)3/h6-7,12H,8-11H2,1-5H3,(H,17,20). The van der Waals surface area contributed by atoms with E-state index in [1.54, 1.807) is 12.1 Å². The van der Waals surface area contributed by atoms with Gasteiger partial charge in [0.05, 0.1) is 19.1 Å². The van der Waals surface area contributed by atoms with Crippen molar-refractivity contribution in [2.45, 2.75) is 13.3 Å². The number of hydrogen-bond acceptors (Lipinski definition) is 5. The Kier molecular flexibility index (Phi) is 7.50. The van der Waals surface area contributed by atoms with Gasteiger partial charge in [-0.1, -0.05) is 6.07 Å². The van der Waals surface area contributed by atoms with Gasteiger partial charge >= 0.3 is 0 Å². The SMILES string of the molecule is COc1ccc(C)cc1N(CCC(=O)NCCN(C)C)S(C)(=O)=O. The van der Waals surface area contributed by atoms with Crippen molar-refractivity contribution in [3.63, 3.8) is 0 Å². The van der Waals surface area contributed by atoms with Crippen LogP contribution in [0.2, 0.25) is 0 Å². The second-order valence-electron chi connectivity index (χ2n) is 5.91. The van der Waals surface area contributed by atoms with Gasteiger partial charge in [0.2, 0.25) is 15.9 Å². The van der Waals surface area contributed by atoms with Gasteiger partial charge in [0.15, 0.2) is 0 Å². The van der Waals surface area contributed by atoms with Crippen LogP contribution < -0.4 is 14.4 Å². The quantitative estimate of drug-likeness (QED) is 0.708. The van der Waals surface area contributed by atoms with E-state index < -0.39 is 10.0 Å². The fraction of sp³-hybridized carbons (Fsp3) is 0.562. The van der Waals surface area contributed by atoms with Gasteiger partial charge in [0, 0.05) is 26.1 Å². The second-order valence-corrected chi connectivity index (χ2v) is 7.82. The number of nitrogens with one attached hydrogen (secondary N) is 1. The highest BCUT2D eigenvalue weighted by atomic mass is 32.2. The third kappa shape index (κ3) is 6.37. The smallest absolute Gasteiger partial charge is 0.232 e. The van der Waals surface area contributed by atoms with E-state index in [2.05, 4.69) is 5.32 Å². The minimum Gasteiger partial charge on any atom is -0.495 e. The van der Waals surface area contributed by atoms with E-state index in [-0.39, 0.29) is 18.9 Å². The lowest BCUT2D eigenvalue weighted by Gasteiger charge is -2.24. The molecule has 7 nitrogen and oxygen atoms in total. The number of nitrogens with zero attached hydrogens (tertiary/aromatic N) is 2. The van der Waals surface area contributed by atoms with E-state index in [4.69, 9.17) is 4.74 Å². The monoisotopic (exact) mass is 357 g/mol. The zero-order valence-electron chi connectivity index (χ0n) is 15.0. The highest BCUT2D eigenvalue weighted by molar-refractivity contribution is 7.92. The highest BCUT2D eigenvalue weighted by Crippen LogP contribution is 2.31. The van der Waals surface area contributed by atoms with Gasteiger partial charge in [-0.2, -0.15) is 0 Å². The number of carbonyl (C=O) groups excluding carboxylic acids is 1. The number of likely N-dealkylation sites (N-methyl/N-ethyl adjacent to an activating group) is 1. The molecule has 0 spiro atoms. The van der Waals surface area contributed by atoms with Gasteiger partial charge in [-0.3, -0.25) is 9.10 Å². The van der Waals surface area contributed by atoms with Crippen LogP contribution in [0.5, 0.6) is 5.75 Å². The van der Waals surface area contributed by atoms with Crippen LogP contribution in [0.4, 0.5) is 5.69 Å². The zero-order valence-corrected chi connectivity index (χ0v) is 15.8. The molecule has 0 unspecified atom stereocenters. The fourth-order valence-corrected chi connectivity index (χ4v) is 3.09. The number of methoxy groups -OCH3 is 1. The second kappa shape index (κ2) is 8.89. The maximum Gasteiger partial charge on any atom is 0.232 e. The van der Waals surface area contributed by atoms with Crippen molar-refractivity contribution < 1.29 is 17.9 Å². The van der Waals surface area contributed by atoms with Gasteiger partial charge in [-0.25, -0.2) is 8.42 Å². The van der Waals surface area contributed by atoms with Crippen LogP contribution in [-0.2, 0) is 14.8 Å². The minimum atomic E-state index is -3.53. The molecule has 1 N–H and O–H groups in total. The molecule has 0 aliphatic heterocycles. The first-order valence-corrected chi connectivity index (χ1v) is 9.53. The van der Waals surface area contributed by atoms with Crippen LogP contribution in [0.25, 0.3) is 0 Å². The predicted octanol–water partition coefficient (Wildman–Crippen LogP) is 0.838. The molecule has 1 amide bonds. The van der Waals surface area contributed by atoms with Gasteiger partial charge in [0.25, 0.3) is 0 Å². The molecular weight excluding hydrogens is 330 g/mol. The molecule has 0 aromatic heterocycles. The summed E-state index contributed by atoms with van der Waals surface area (Å²) in [5.41, 5.74) is 1.36. The summed E-state index contributed by atoms with van der Waals surface area (Å²) in [5.74, 6) is 0.274. The molecule has 1 aromatic carbocycles. The van der Waals surface area contributed by atoms with Crippen molar-refractivity contribution in [3.8, 4) is 5.75 Å². The maximum absolute atomic E-state index is 12.2. The first-order valence-electron chi connectivity index (χ1n) is 7.69. The van der Waals surface area contributed by atoms with Crippen molar-refractivity contribution in [2.24, 2.45) is 0 Å². The van der Waals surface area contributed by atoms with E-state index in [0.29, 0.717) is 18.0 Å². The van der Waals surface area contributed by atoms with Gasteiger partial charge in [-0.05, 0) is 38.7 Å². The van der Waals surface area contributed by atoms with Crippen LogP contribution >= 0.6 is 0 Å². The third-order valence-electron chi connectivity index (χ3n) is 3.43. The molecule has 0 saturated carbocycles. The van der Waals surface area contributed by atoms with E-state index in [1.807, 2.05) is 32.0 Å². The number of aryl methyl sites for hydroxylation is 1. The first-order chi connectivity index (χ1) is 11.1. The normalized spacial score (nSPS) is 11.4. The summed E-state index contributed by atoms with van der Waals surface area (Å²) in [7, 11) is 1.79. The number of anilines is 1. The van der Waals surface area contributed by atoms with Crippen LogP contribution in [-0.4, -0.2) is 66.3 Å². The van der Waals surface area contributed by atoms with E-state index >= 15 is 0 Å². The van der Waals surface area contributed by atoms with E-state index in [1.165, 1.54) is 11.4 Å². The highest BCUT2D eigenvalue weighted by Gasteiger charge is 2.22. The number of benzene rings is 1. The molecule has 0 atom stereocenters. The Balaban J connectivity index is 2.85. The van der Waals surface area contributed by atoms with Gasteiger partial charge in [-0.15, -0.1) is 0 Å². The molecule has 0 heterocycles. The summed E-state index contributed by atoms with van der Waals surface area (Å²) in [6.45, 7) is 3.19. The summed E-state index contributed by atoms with van der Waals surface area (Å²) in [6.07, 6.45) is 1.20. The predicted molar refractivity (Wildman–Crippen MR) is 96.1 cm³/mol. The van der Waals surface area contributed by atoms with Crippen molar-refractivity contribution in [1.82, 2.24) is 10.2 Å². The van der Waals surface area contributed by atoms with Crippen molar-refractivity contribution >= 4 is 21.6 Å². The van der Waals surface area contributed by atoms with Crippen LogP contribution in [0.3, 0.4) is 0 Å². The molecule has 136 valence electrons. The Labute approximate surface area is 144 Å². The summed E-state index contributed by atoms with van der Waals surface area (Å²) >= 11 is 0. The Bertz CT molecular complexity index is 659. The lowest BCUT2D eigenvalue weighted by Crippen LogP contribution is -2.36. The molecule has 0 bridgehead atoms. The summed E-state index contributed by atoms with van der Waals surface area (Å²) in [4.78, 5) is 13.9. The molecule has 0 aliphatic rings. The summed E-state index contributed by atoms with van der Waals surface area (Å²) in [6, 6.07) is 5.31. The number of carbonyl (C=O) groups is 1. The number of ether oxygens (including phenoxy) is 1. The molecule has 1 rings (SSSR count). The molecular formula is C16H27N3O4S. The average molecular weight is 357 g/mol. The van der Waals surface area contributed by atoms with Gasteiger partial charge in [0.1, 0.15) is 5.75 Å². The third-order valence-corrected chi connectivity index (χ3v) is 4.61. The van der Waals surface area contributed by atoms with Crippen LogP contribution in [0, 0.1) is 6.92 Å². The maximum atomic E-state index is 12.2. The average Bonchev–Trinajstić information content (AvgIpc) is 2.46. The Morgan fingerprint density at radius 2 is 1.92 bits per heavy atom. The lowest BCUT2D eigenvalue weighted by atomic mass is 10.2. The Hall–Kier alpha value is -1.80. The molecule has 1 aromatic rings. The Morgan fingerprint density at radius 1 is 1.25 bits per heavy atom. The molecule has 8 heteroatoms. The lowest BCUT2D eigenvalue weighted by molar-refractivity contribution is -0.120. The number of amides is 1. The van der Waals surface area contributed by atoms with Crippen LogP contribution in [0.15, 0.2) is 18.2 Å². The van der Waals surface area contributed by atoms with E-state index in [0.717, 1.165) is 18.4 Å². The van der Waals surface area contributed by atoms with Crippen molar-refractivity contribution in [3.05, 3.63) is 23.8 Å². The topological polar surface area (TPSA) is 79.0 Å². The van der Waals surface area contributed by atoms with Gasteiger partial charge < -0.3 is 15.0 Å². The number of rotatable bonds is 9. The molecule has 0 saturated heterocycles. The number of hydrogen-bond donors (Lipinski definition) is 1. The number of sulfonamides is 1. The fourth-order valence-electron chi connectivity index (χ4n) is 2.17. The summed E-state index contributed by atoms with van der Waals surface area (Å²) in [5, 5.41) is 2.78. The van der Waals surface area contributed by atoms with Crippen LogP contribution in [0.1, 0.15) is 12.0 Å². The largest absolute Gasteiger partial charge is 0.495 e. The van der Waals surface area contributed by atoms with Crippen molar-refractivity contribution in [2.75, 3.05) is 51.4 Å². The van der Waals surface area contributed by atoms with E-state index in [9.17, 15) is 13.2 Å². The van der Waals surface area contributed by atoms with Crippen molar-refractivity contribution in [1.29, 1.82) is 0 Å². The summed E-state index contributed by atoms with van der Waals surface area (Å²) < 4.78 is 30.8. The minimum absolute atomic E-state index is 0.0619. The molecule has 24 heavy (non-hydrogen) atoms. The zero-order chi connectivity index (χ0) is 18.3.